The van der Waals surface area contributed by atoms with Crippen molar-refractivity contribution in [2.75, 3.05) is 18.6 Å². The van der Waals surface area contributed by atoms with E-state index >= 15 is 0 Å². The van der Waals surface area contributed by atoms with Gasteiger partial charge in [0.15, 0.2) is 0 Å². The minimum atomic E-state index is -0.650. The molecule has 1 N–H and O–H groups in total. The Bertz CT molecular complexity index is 503. The Morgan fingerprint density at radius 1 is 1.56 bits per heavy atom. The standard InChI is InChI=1S/C12H12BrNO4/c1-18-12(17)9-4-7(2-3-10(9)13)14-6-8(15)5-11(14)16/h2-4,8,15H,5-6H2,1H3. The number of nitrogens with zero attached hydrogens (tertiary/aromatic N) is 1. The van der Waals surface area contributed by atoms with Gasteiger partial charge in [0, 0.05) is 10.2 Å². The first kappa shape index (κ1) is 13.0. The monoisotopic (exact) mass is 313 g/mol. The van der Waals surface area contributed by atoms with E-state index in [4.69, 9.17) is 0 Å². The largest absolute Gasteiger partial charge is 0.465 e. The number of methoxy groups -OCH3 is 1. The van der Waals surface area contributed by atoms with Crippen LogP contribution < -0.4 is 4.90 Å². The highest BCUT2D eigenvalue weighted by Crippen LogP contribution is 2.27. The molecule has 0 bridgehead atoms. The Hall–Kier alpha value is -1.40. The maximum atomic E-state index is 11.7. The van der Waals surface area contributed by atoms with E-state index < -0.39 is 12.1 Å². The normalized spacial score (nSPS) is 19.2. The summed E-state index contributed by atoms with van der Waals surface area (Å²) in [5.41, 5.74) is 0.935. The Morgan fingerprint density at radius 3 is 2.83 bits per heavy atom. The second-order valence-corrected chi connectivity index (χ2v) is 4.87. The first-order valence-corrected chi connectivity index (χ1v) is 6.18. The van der Waals surface area contributed by atoms with Gasteiger partial charge in [-0.1, -0.05) is 0 Å². The molecule has 6 heteroatoms. The number of aliphatic hydroxyl groups excluding tert-OH is 1. The van der Waals surface area contributed by atoms with Gasteiger partial charge in [-0.25, -0.2) is 4.79 Å². The summed E-state index contributed by atoms with van der Waals surface area (Å²) in [4.78, 5) is 24.7. The summed E-state index contributed by atoms with van der Waals surface area (Å²) in [7, 11) is 1.30. The molecule has 0 aliphatic carbocycles. The number of halogens is 1. The average molecular weight is 314 g/mol. The summed E-state index contributed by atoms with van der Waals surface area (Å²) in [5, 5.41) is 9.45. The second-order valence-electron chi connectivity index (χ2n) is 4.02. The molecule has 1 atom stereocenters. The molecule has 1 fully saturated rings. The number of hydrogen-bond acceptors (Lipinski definition) is 4. The van der Waals surface area contributed by atoms with Crippen LogP contribution in [0.2, 0.25) is 0 Å². The molecule has 1 amide bonds. The Morgan fingerprint density at radius 2 is 2.28 bits per heavy atom. The van der Waals surface area contributed by atoms with Gasteiger partial charge in [-0.3, -0.25) is 4.79 Å². The van der Waals surface area contributed by atoms with Gasteiger partial charge in [-0.05, 0) is 34.1 Å². The van der Waals surface area contributed by atoms with Gasteiger partial charge < -0.3 is 14.7 Å². The van der Waals surface area contributed by atoms with E-state index in [9.17, 15) is 14.7 Å². The number of amides is 1. The van der Waals surface area contributed by atoms with Crippen LogP contribution in [0, 0.1) is 0 Å². The van der Waals surface area contributed by atoms with Crippen LogP contribution in [0.1, 0.15) is 16.8 Å². The fraction of sp³-hybridized carbons (Fsp3) is 0.333. The van der Waals surface area contributed by atoms with E-state index in [2.05, 4.69) is 20.7 Å². The van der Waals surface area contributed by atoms with Gasteiger partial charge in [-0.15, -0.1) is 0 Å². The molecule has 1 unspecified atom stereocenters. The SMILES string of the molecule is COC(=O)c1cc(N2CC(O)CC2=O)ccc1Br. The van der Waals surface area contributed by atoms with Crippen LogP contribution in [0.4, 0.5) is 5.69 Å². The van der Waals surface area contributed by atoms with Gasteiger partial charge in [0.05, 0.1) is 31.7 Å². The number of benzene rings is 1. The lowest BCUT2D eigenvalue weighted by Crippen LogP contribution is -2.25. The van der Waals surface area contributed by atoms with Crippen molar-refractivity contribution in [3.8, 4) is 0 Å². The minimum Gasteiger partial charge on any atom is -0.465 e. The summed E-state index contributed by atoms with van der Waals surface area (Å²) in [6.45, 7) is 0.251. The highest BCUT2D eigenvalue weighted by atomic mass is 79.9. The van der Waals surface area contributed by atoms with Gasteiger partial charge in [0.2, 0.25) is 5.91 Å². The summed E-state index contributed by atoms with van der Waals surface area (Å²) in [6, 6.07) is 4.97. The van der Waals surface area contributed by atoms with Crippen LogP contribution in [0.25, 0.3) is 0 Å². The molecule has 0 aromatic heterocycles. The molecular weight excluding hydrogens is 302 g/mol. The van der Waals surface area contributed by atoms with Crippen LogP contribution in [0.15, 0.2) is 22.7 Å². The van der Waals surface area contributed by atoms with Crippen LogP contribution in [-0.4, -0.2) is 36.7 Å². The second kappa shape index (κ2) is 5.07. The molecule has 1 heterocycles. The number of carbonyl (C=O) groups excluding carboxylic acids is 2. The van der Waals surface area contributed by atoms with Crippen molar-refractivity contribution in [3.63, 3.8) is 0 Å². The van der Waals surface area contributed by atoms with Crippen LogP contribution >= 0.6 is 15.9 Å². The number of hydrogen-bond donors (Lipinski definition) is 1. The molecule has 1 aliphatic rings. The fourth-order valence-electron chi connectivity index (χ4n) is 1.89. The summed E-state index contributed by atoms with van der Waals surface area (Å²) >= 11 is 3.25. The number of carbonyl (C=O) groups is 2. The summed E-state index contributed by atoms with van der Waals surface area (Å²) in [6.07, 6.45) is -0.536. The van der Waals surface area contributed by atoms with Gasteiger partial charge in [0.1, 0.15) is 0 Å². The number of β-amino-alcohol motifs (C(OH)–C–C–N with tert-alkyl or cyclic N) is 1. The van der Waals surface area contributed by atoms with Crippen molar-refractivity contribution in [2.45, 2.75) is 12.5 Å². The van der Waals surface area contributed by atoms with Crippen molar-refractivity contribution in [1.82, 2.24) is 0 Å². The number of ether oxygens (including phenoxy) is 1. The van der Waals surface area contributed by atoms with E-state index in [-0.39, 0.29) is 18.9 Å². The van der Waals surface area contributed by atoms with E-state index in [1.165, 1.54) is 12.0 Å². The molecule has 0 spiro atoms. The van der Waals surface area contributed by atoms with Gasteiger partial charge >= 0.3 is 5.97 Å². The predicted octanol–water partition coefficient (Wildman–Crippen LogP) is 1.33. The van der Waals surface area contributed by atoms with Gasteiger partial charge in [0.25, 0.3) is 0 Å². The third-order valence-electron chi connectivity index (χ3n) is 2.77. The molecule has 2 rings (SSSR count). The van der Waals surface area contributed by atoms with Crippen molar-refractivity contribution in [1.29, 1.82) is 0 Å². The maximum Gasteiger partial charge on any atom is 0.339 e. The predicted molar refractivity (Wildman–Crippen MR) is 68.5 cm³/mol. The zero-order chi connectivity index (χ0) is 13.3. The number of rotatable bonds is 2. The van der Waals surface area contributed by atoms with Crippen molar-refractivity contribution < 1.29 is 19.4 Å². The first-order valence-electron chi connectivity index (χ1n) is 5.39. The first-order chi connectivity index (χ1) is 8.52. The highest BCUT2D eigenvalue weighted by molar-refractivity contribution is 9.10. The van der Waals surface area contributed by atoms with Crippen molar-refractivity contribution in [2.24, 2.45) is 0 Å². The van der Waals surface area contributed by atoms with Crippen LogP contribution in [-0.2, 0) is 9.53 Å². The lowest BCUT2D eigenvalue weighted by Gasteiger charge is -2.17. The van der Waals surface area contributed by atoms with Crippen molar-refractivity contribution in [3.05, 3.63) is 28.2 Å². The Labute approximate surface area is 112 Å². The van der Waals surface area contributed by atoms with E-state index in [0.717, 1.165) is 0 Å². The zero-order valence-corrected chi connectivity index (χ0v) is 11.3. The molecule has 1 aromatic carbocycles. The quantitative estimate of drug-likeness (QED) is 0.837. The maximum absolute atomic E-state index is 11.7. The molecule has 96 valence electrons. The summed E-state index contributed by atoms with van der Waals surface area (Å²) in [5.74, 6) is -0.628. The van der Waals surface area contributed by atoms with Gasteiger partial charge in [-0.2, -0.15) is 0 Å². The molecule has 18 heavy (non-hydrogen) atoms. The molecule has 0 saturated carbocycles. The summed E-state index contributed by atoms with van der Waals surface area (Å²) < 4.78 is 5.26. The van der Waals surface area contributed by atoms with E-state index in [1.54, 1.807) is 18.2 Å². The van der Waals surface area contributed by atoms with E-state index in [1.807, 2.05) is 0 Å². The lowest BCUT2D eigenvalue weighted by atomic mass is 10.2. The Kier molecular flexibility index (Phi) is 3.68. The molecule has 5 nitrogen and oxygen atoms in total. The molecule has 0 radical (unpaired) electrons. The molecule has 1 aliphatic heterocycles. The topological polar surface area (TPSA) is 66.8 Å². The number of aliphatic hydroxyl groups is 1. The molecule has 1 saturated heterocycles. The minimum absolute atomic E-state index is 0.115. The highest BCUT2D eigenvalue weighted by Gasteiger charge is 2.29. The number of anilines is 1. The third kappa shape index (κ3) is 2.39. The van der Waals surface area contributed by atoms with Crippen molar-refractivity contribution >= 4 is 33.5 Å². The smallest absolute Gasteiger partial charge is 0.339 e. The molecule has 1 aromatic rings. The number of esters is 1. The lowest BCUT2D eigenvalue weighted by molar-refractivity contribution is -0.117. The Balaban J connectivity index is 2.35. The fourth-order valence-corrected chi connectivity index (χ4v) is 2.29. The third-order valence-corrected chi connectivity index (χ3v) is 3.46. The zero-order valence-electron chi connectivity index (χ0n) is 9.72. The van der Waals surface area contributed by atoms with Crippen LogP contribution in [0.5, 0.6) is 0 Å². The van der Waals surface area contributed by atoms with E-state index in [0.29, 0.717) is 15.7 Å². The average Bonchev–Trinajstić information content (AvgIpc) is 2.68. The van der Waals surface area contributed by atoms with Crippen LogP contribution in [0.3, 0.4) is 0 Å². The molecular formula is C12H12BrNO4.